The Morgan fingerprint density at radius 3 is 1.20 bits per heavy atom. The third-order valence-corrected chi connectivity index (χ3v) is 3.06. The van der Waals surface area contributed by atoms with Crippen molar-refractivity contribution < 1.29 is 0 Å². The molecule has 0 aliphatic rings. The van der Waals surface area contributed by atoms with E-state index in [1.807, 2.05) is 38.1 Å². The van der Waals surface area contributed by atoms with Gasteiger partial charge in [-0.05, 0) is 13.8 Å². The van der Waals surface area contributed by atoms with Gasteiger partial charge in [0.25, 0.3) is 0 Å². The number of hydrogen-bond donors (Lipinski definition) is 0. The first-order valence-corrected chi connectivity index (χ1v) is 6.21. The van der Waals surface area contributed by atoms with Gasteiger partial charge in [0, 0.05) is 11.1 Å². The Hall–Kier alpha value is -2.62. The Morgan fingerprint density at radius 1 is 0.650 bits per heavy atom. The van der Waals surface area contributed by atoms with Crippen molar-refractivity contribution in [3.05, 3.63) is 81.2 Å². The van der Waals surface area contributed by atoms with Crippen LogP contribution in [0.15, 0.2) is 58.8 Å². The lowest BCUT2D eigenvalue weighted by Crippen LogP contribution is -2.16. The summed E-state index contributed by atoms with van der Waals surface area (Å²) in [4.78, 5) is 0. The van der Waals surface area contributed by atoms with Gasteiger partial charge in [-0.25, -0.2) is 0 Å². The van der Waals surface area contributed by atoms with Crippen molar-refractivity contribution >= 4 is 11.4 Å². The first-order chi connectivity index (χ1) is 9.65. The Balaban J connectivity index is 2.44. The van der Waals surface area contributed by atoms with Gasteiger partial charge in [-0.15, -0.1) is 0 Å². The lowest BCUT2D eigenvalue weighted by Gasteiger charge is -2.14. The van der Waals surface area contributed by atoms with E-state index >= 15 is 0 Å². The van der Waals surface area contributed by atoms with Gasteiger partial charge in [0.05, 0.1) is 11.4 Å². The van der Waals surface area contributed by atoms with E-state index in [2.05, 4.69) is 10.3 Å². The maximum atomic E-state index is 11.1. The maximum Gasteiger partial charge on any atom is 0.0847 e. The summed E-state index contributed by atoms with van der Waals surface area (Å²) in [5.74, 6) is 0. The molecule has 0 amide bonds. The van der Waals surface area contributed by atoms with Crippen molar-refractivity contribution in [1.82, 2.24) is 0 Å². The van der Waals surface area contributed by atoms with E-state index in [9.17, 15) is 10.4 Å². The summed E-state index contributed by atoms with van der Waals surface area (Å²) in [6.45, 7) is 3.89. The highest BCUT2D eigenvalue weighted by molar-refractivity contribution is 6.53. The van der Waals surface area contributed by atoms with Gasteiger partial charge in [0.15, 0.2) is 0 Å². The van der Waals surface area contributed by atoms with E-state index < -0.39 is 0 Å². The van der Waals surface area contributed by atoms with Crippen LogP contribution in [0.4, 0.5) is 0 Å². The predicted octanol–water partition coefficient (Wildman–Crippen LogP) is 3.58. The van der Waals surface area contributed by atoms with Gasteiger partial charge in [-0.3, -0.25) is 0 Å². The monoisotopic (exact) mass is 266 g/mol. The maximum absolute atomic E-state index is 11.1. The highest BCUT2D eigenvalue weighted by Gasteiger charge is 2.11. The molecule has 2 rings (SSSR count). The minimum atomic E-state index is 0.0591. The van der Waals surface area contributed by atoms with Crippen LogP contribution in [0.3, 0.4) is 0 Å². The molecule has 0 bridgehead atoms. The van der Waals surface area contributed by atoms with Gasteiger partial charge >= 0.3 is 0 Å². The molecule has 2 aromatic carbocycles. The fraction of sp³-hybridized carbons (Fsp3) is 0.125. The molecule has 4 nitrogen and oxygen atoms in total. The summed E-state index contributed by atoms with van der Waals surface area (Å²) in [6, 6.07) is 14.5. The van der Waals surface area contributed by atoms with E-state index in [0.717, 1.165) is 11.1 Å². The molecule has 0 N–H and O–H groups in total. The van der Waals surface area contributed by atoms with Crippen molar-refractivity contribution in [2.75, 3.05) is 0 Å². The fourth-order valence-electron chi connectivity index (χ4n) is 1.89. The van der Waals surface area contributed by atoms with Crippen molar-refractivity contribution in [2.24, 2.45) is 10.3 Å². The topological polar surface area (TPSA) is 70.8 Å². The van der Waals surface area contributed by atoms with Crippen LogP contribution < -0.4 is 0 Å². The quantitative estimate of drug-likeness (QED) is 0.629. The Morgan fingerprint density at radius 2 is 0.950 bits per heavy atom. The van der Waals surface area contributed by atoms with Crippen molar-refractivity contribution in [3.63, 3.8) is 0 Å². The van der Waals surface area contributed by atoms with E-state index in [-0.39, 0.29) is 11.4 Å². The second kappa shape index (κ2) is 6.02. The van der Waals surface area contributed by atoms with E-state index in [0.29, 0.717) is 11.1 Å². The summed E-state index contributed by atoms with van der Waals surface area (Å²) < 4.78 is 0. The van der Waals surface area contributed by atoms with Crippen LogP contribution in [0, 0.1) is 24.3 Å². The molecule has 0 spiro atoms. The van der Waals surface area contributed by atoms with Crippen molar-refractivity contribution in [2.45, 2.75) is 13.8 Å². The third kappa shape index (κ3) is 2.85. The van der Waals surface area contributed by atoms with Crippen LogP contribution in [-0.2, 0) is 0 Å². The molecule has 0 aromatic heterocycles. The lowest BCUT2D eigenvalue weighted by atomic mass is 9.98. The smallest absolute Gasteiger partial charge is 0.0847 e. The normalized spacial score (nSPS) is 12.5. The number of benzene rings is 2. The predicted molar refractivity (Wildman–Crippen MR) is 82.2 cm³/mol. The Bertz CT molecular complexity index is 582. The molecule has 2 aromatic rings. The first kappa shape index (κ1) is 13.8. The summed E-state index contributed by atoms with van der Waals surface area (Å²) in [5, 5.41) is 28.2. The van der Waals surface area contributed by atoms with Crippen molar-refractivity contribution in [3.8, 4) is 0 Å². The number of hydrogen-bond acceptors (Lipinski definition) is 4. The van der Waals surface area contributed by atoms with E-state index in [1.165, 1.54) is 0 Å². The Labute approximate surface area is 117 Å². The molecule has 0 unspecified atom stereocenters. The van der Waals surface area contributed by atoms with Crippen LogP contribution in [-0.4, -0.2) is 11.4 Å². The molecule has 0 saturated carbocycles. The highest BCUT2D eigenvalue weighted by atomic mass is 16.4. The first-order valence-electron chi connectivity index (χ1n) is 6.21. The molecule has 0 heterocycles. The second-order valence-corrected chi connectivity index (χ2v) is 4.61. The molecule has 0 atom stereocenters. The van der Waals surface area contributed by atoms with Crippen LogP contribution in [0.5, 0.6) is 0 Å². The number of nitrogens with zero attached hydrogens (tertiary/aromatic N) is 2. The molecule has 20 heavy (non-hydrogen) atoms. The van der Waals surface area contributed by atoms with Gasteiger partial charge in [-0.1, -0.05) is 59.7 Å². The zero-order chi connectivity index (χ0) is 14.5. The summed E-state index contributed by atoms with van der Waals surface area (Å²) in [5.41, 5.74) is 3.42. The second-order valence-electron chi connectivity index (χ2n) is 4.61. The lowest BCUT2D eigenvalue weighted by molar-refractivity contribution is 1.44. The molecule has 0 aliphatic heterocycles. The third-order valence-electron chi connectivity index (χ3n) is 3.06. The van der Waals surface area contributed by atoms with Gasteiger partial charge in [0.2, 0.25) is 0 Å². The standard InChI is InChI=1S/C16H16N2O2/c1-11-3-7-13(8-4-11)15(17-19)16(18-20)14-9-5-12(2)6-10-14/h3-10,19-20H,1-2H3/p-2/b17-15+,18-16+. The van der Waals surface area contributed by atoms with Crippen LogP contribution in [0.1, 0.15) is 22.3 Å². The zero-order valence-corrected chi connectivity index (χ0v) is 11.3. The van der Waals surface area contributed by atoms with E-state index in [1.54, 1.807) is 24.3 Å². The van der Waals surface area contributed by atoms with Crippen molar-refractivity contribution in [1.29, 1.82) is 0 Å². The molecule has 0 fully saturated rings. The minimum absolute atomic E-state index is 0.0591. The average Bonchev–Trinajstić information content (AvgIpc) is 2.47. The summed E-state index contributed by atoms with van der Waals surface area (Å²) in [6.07, 6.45) is 0. The molecular formula is C16H14N2O2-2. The largest absolute Gasteiger partial charge is 0.791 e. The molecule has 4 heteroatoms. The van der Waals surface area contributed by atoms with Gasteiger partial charge in [-0.2, -0.15) is 0 Å². The fourth-order valence-corrected chi connectivity index (χ4v) is 1.89. The molecule has 0 aliphatic carbocycles. The zero-order valence-electron chi connectivity index (χ0n) is 11.3. The molecular weight excluding hydrogens is 252 g/mol. The molecule has 0 radical (unpaired) electrons. The van der Waals surface area contributed by atoms with Gasteiger partial charge in [0.1, 0.15) is 0 Å². The number of aryl methyl sites for hydroxylation is 2. The highest BCUT2D eigenvalue weighted by Crippen LogP contribution is 2.12. The molecule has 0 saturated heterocycles. The molecule has 102 valence electrons. The SMILES string of the molecule is Cc1ccc(C(=N\[O-])/C(=N/[O-])c2ccc(C)cc2)cc1. The van der Waals surface area contributed by atoms with Crippen LogP contribution in [0.25, 0.3) is 0 Å². The minimum Gasteiger partial charge on any atom is -0.791 e. The summed E-state index contributed by atoms with van der Waals surface area (Å²) >= 11 is 0. The van der Waals surface area contributed by atoms with Crippen LogP contribution >= 0.6 is 0 Å². The average molecular weight is 266 g/mol. The van der Waals surface area contributed by atoms with Gasteiger partial charge < -0.3 is 20.7 Å². The number of rotatable bonds is 3. The Kier molecular flexibility index (Phi) is 4.15. The van der Waals surface area contributed by atoms with E-state index in [4.69, 9.17) is 0 Å². The van der Waals surface area contributed by atoms with Crippen LogP contribution in [0.2, 0.25) is 0 Å². The summed E-state index contributed by atoms with van der Waals surface area (Å²) in [7, 11) is 0.